The number of fused-ring (bicyclic) bond motifs is 2. The fourth-order valence-corrected chi connectivity index (χ4v) is 4.56. The van der Waals surface area contributed by atoms with Crippen molar-refractivity contribution >= 4 is 55.3 Å². The molecule has 2 N–H and O–H groups in total. The smallest absolute Gasteiger partial charge is 0.287 e. The van der Waals surface area contributed by atoms with Crippen molar-refractivity contribution in [3.8, 4) is 0 Å². The monoisotopic (exact) mass is 437 g/mol. The SMILES string of the molecule is CCN(CCO)CC(C)Nc1ccc([N+](=O)[O-])c2sc3ccccc3c(=O)c12.Cl. The number of aliphatic hydroxyl groups excluding tert-OH is 1. The van der Waals surface area contributed by atoms with Gasteiger partial charge in [-0.2, -0.15) is 0 Å². The summed E-state index contributed by atoms with van der Waals surface area (Å²) in [4.78, 5) is 26.3. The second kappa shape index (κ2) is 9.98. The Labute approximate surface area is 178 Å². The van der Waals surface area contributed by atoms with Crippen LogP contribution in [0.1, 0.15) is 13.8 Å². The van der Waals surface area contributed by atoms with Crippen LogP contribution in [0.2, 0.25) is 0 Å². The molecule has 29 heavy (non-hydrogen) atoms. The van der Waals surface area contributed by atoms with Crippen LogP contribution < -0.4 is 10.7 Å². The summed E-state index contributed by atoms with van der Waals surface area (Å²) in [6.07, 6.45) is 0. The van der Waals surface area contributed by atoms with Crippen LogP contribution in [-0.4, -0.2) is 47.2 Å². The van der Waals surface area contributed by atoms with Gasteiger partial charge in [-0.25, -0.2) is 0 Å². The Bertz CT molecular complexity index is 1070. The summed E-state index contributed by atoms with van der Waals surface area (Å²) >= 11 is 1.26. The van der Waals surface area contributed by atoms with Crippen molar-refractivity contribution in [1.29, 1.82) is 0 Å². The third kappa shape index (κ3) is 4.84. The molecule has 156 valence electrons. The molecule has 1 heterocycles. The number of nitrogens with one attached hydrogen (secondary N) is 1. The zero-order chi connectivity index (χ0) is 20.3. The molecular formula is C20H24ClN3O4S. The molecule has 0 amide bonds. The first-order chi connectivity index (χ1) is 13.5. The second-order valence-electron chi connectivity index (χ2n) is 6.68. The third-order valence-corrected chi connectivity index (χ3v) is 5.90. The molecule has 0 bridgehead atoms. The molecule has 0 saturated carbocycles. The predicted molar refractivity (Wildman–Crippen MR) is 122 cm³/mol. The molecule has 0 radical (unpaired) electrons. The molecule has 9 heteroatoms. The van der Waals surface area contributed by atoms with E-state index in [0.717, 1.165) is 11.2 Å². The van der Waals surface area contributed by atoms with Gasteiger partial charge in [0.1, 0.15) is 4.70 Å². The van der Waals surface area contributed by atoms with Gasteiger partial charge in [-0.05, 0) is 31.7 Å². The van der Waals surface area contributed by atoms with Crippen LogP contribution in [0.25, 0.3) is 20.2 Å². The number of benzene rings is 2. The van der Waals surface area contributed by atoms with E-state index in [0.29, 0.717) is 34.2 Å². The topological polar surface area (TPSA) is 95.7 Å². The lowest BCUT2D eigenvalue weighted by atomic mass is 10.1. The molecule has 1 atom stereocenters. The Morgan fingerprint density at radius 2 is 2.00 bits per heavy atom. The number of hydrogen-bond acceptors (Lipinski definition) is 7. The summed E-state index contributed by atoms with van der Waals surface area (Å²) < 4.78 is 1.11. The second-order valence-corrected chi connectivity index (χ2v) is 7.74. The summed E-state index contributed by atoms with van der Waals surface area (Å²) in [6.45, 7) is 6.14. The lowest BCUT2D eigenvalue weighted by molar-refractivity contribution is -0.382. The van der Waals surface area contributed by atoms with E-state index in [1.807, 2.05) is 19.9 Å². The van der Waals surface area contributed by atoms with Crippen molar-refractivity contribution < 1.29 is 10.0 Å². The number of anilines is 1. The summed E-state index contributed by atoms with van der Waals surface area (Å²) in [6, 6.07) is 10.2. The number of hydrogen-bond donors (Lipinski definition) is 2. The Kier molecular flexibility index (Phi) is 7.92. The number of rotatable bonds is 8. The number of non-ortho nitro benzene ring substituents is 1. The zero-order valence-corrected chi connectivity index (χ0v) is 17.9. The fourth-order valence-electron chi connectivity index (χ4n) is 3.37. The summed E-state index contributed by atoms with van der Waals surface area (Å²) in [5.74, 6) is 0. The Hall–Kier alpha value is -2.26. The van der Waals surface area contributed by atoms with Gasteiger partial charge in [0.2, 0.25) is 0 Å². The summed E-state index contributed by atoms with van der Waals surface area (Å²) in [5.41, 5.74) is 0.335. The molecule has 1 aromatic heterocycles. The Balaban J connectivity index is 0.00000300. The van der Waals surface area contributed by atoms with E-state index >= 15 is 0 Å². The third-order valence-electron chi connectivity index (χ3n) is 4.70. The van der Waals surface area contributed by atoms with Crippen LogP contribution in [0.5, 0.6) is 0 Å². The highest BCUT2D eigenvalue weighted by molar-refractivity contribution is 7.25. The number of halogens is 1. The van der Waals surface area contributed by atoms with E-state index in [1.54, 1.807) is 24.3 Å². The van der Waals surface area contributed by atoms with Crippen LogP contribution in [0, 0.1) is 10.1 Å². The zero-order valence-electron chi connectivity index (χ0n) is 16.3. The van der Waals surface area contributed by atoms with Crippen LogP contribution in [0.3, 0.4) is 0 Å². The maximum Gasteiger partial charge on any atom is 0.287 e. The first-order valence-corrected chi connectivity index (χ1v) is 10.0. The van der Waals surface area contributed by atoms with Crippen LogP contribution >= 0.6 is 23.7 Å². The maximum atomic E-state index is 13.1. The average molecular weight is 438 g/mol. The molecule has 0 aliphatic heterocycles. The number of nitrogens with zero attached hydrogens (tertiary/aromatic N) is 2. The molecule has 0 spiro atoms. The average Bonchev–Trinajstić information content (AvgIpc) is 2.67. The minimum Gasteiger partial charge on any atom is -0.395 e. The van der Waals surface area contributed by atoms with E-state index in [1.165, 1.54) is 17.4 Å². The minimum atomic E-state index is -0.444. The van der Waals surface area contributed by atoms with Gasteiger partial charge in [-0.1, -0.05) is 19.1 Å². The summed E-state index contributed by atoms with van der Waals surface area (Å²) in [5, 5.41) is 24.9. The fraction of sp³-hybridized carbons (Fsp3) is 0.350. The number of likely N-dealkylation sites (N-methyl/N-ethyl adjacent to an activating group) is 1. The van der Waals surface area contributed by atoms with Gasteiger partial charge in [0.25, 0.3) is 5.69 Å². The standard InChI is InChI=1S/C20H23N3O4S.ClH/c1-3-22(10-11-24)12-13(2)21-15-8-9-16(23(26)27)20-18(15)19(25)14-6-4-5-7-17(14)28-20;/h4-9,13,21,24H,3,10-12H2,1-2H3;1H. The van der Waals surface area contributed by atoms with E-state index in [2.05, 4.69) is 10.2 Å². The molecule has 3 aromatic rings. The molecule has 0 saturated heterocycles. The first-order valence-electron chi connectivity index (χ1n) is 9.19. The molecule has 1 unspecified atom stereocenters. The van der Waals surface area contributed by atoms with E-state index < -0.39 is 4.92 Å². The maximum absolute atomic E-state index is 13.1. The van der Waals surface area contributed by atoms with Crippen molar-refractivity contribution in [3.63, 3.8) is 0 Å². The largest absolute Gasteiger partial charge is 0.395 e. The van der Waals surface area contributed by atoms with Gasteiger partial charge in [0.15, 0.2) is 5.43 Å². The highest BCUT2D eigenvalue weighted by atomic mass is 35.5. The number of aliphatic hydroxyl groups is 1. The first kappa shape index (κ1) is 23.0. The van der Waals surface area contributed by atoms with Crippen LogP contribution in [0.15, 0.2) is 41.2 Å². The quantitative estimate of drug-likeness (QED) is 0.315. The normalized spacial score (nSPS) is 12.1. The van der Waals surface area contributed by atoms with Crippen molar-refractivity contribution in [2.75, 3.05) is 31.6 Å². The van der Waals surface area contributed by atoms with Gasteiger partial charge in [-0.15, -0.1) is 23.7 Å². The lowest BCUT2D eigenvalue weighted by Gasteiger charge is -2.25. The van der Waals surface area contributed by atoms with E-state index in [-0.39, 0.29) is 36.2 Å². The van der Waals surface area contributed by atoms with Crippen LogP contribution in [-0.2, 0) is 0 Å². The van der Waals surface area contributed by atoms with Gasteiger partial charge < -0.3 is 10.4 Å². The lowest BCUT2D eigenvalue weighted by Crippen LogP contribution is -2.36. The Morgan fingerprint density at radius 3 is 2.66 bits per heavy atom. The summed E-state index contributed by atoms with van der Waals surface area (Å²) in [7, 11) is 0. The van der Waals surface area contributed by atoms with Gasteiger partial charge in [0, 0.05) is 41.0 Å². The van der Waals surface area contributed by atoms with E-state index in [9.17, 15) is 14.9 Å². The highest BCUT2D eigenvalue weighted by Gasteiger charge is 2.20. The molecule has 3 rings (SSSR count). The van der Waals surface area contributed by atoms with Gasteiger partial charge >= 0.3 is 0 Å². The predicted octanol–water partition coefficient (Wildman–Crippen LogP) is 3.86. The van der Waals surface area contributed by atoms with Crippen molar-refractivity contribution in [2.24, 2.45) is 0 Å². The van der Waals surface area contributed by atoms with Crippen molar-refractivity contribution in [2.45, 2.75) is 19.9 Å². The van der Waals surface area contributed by atoms with E-state index in [4.69, 9.17) is 5.11 Å². The Morgan fingerprint density at radius 1 is 1.28 bits per heavy atom. The van der Waals surface area contributed by atoms with Crippen molar-refractivity contribution in [3.05, 3.63) is 56.7 Å². The van der Waals surface area contributed by atoms with Crippen LogP contribution in [0.4, 0.5) is 11.4 Å². The van der Waals surface area contributed by atoms with Crippen molar-refractivity contribution in [1.82, 2.24) is 4.90 Å². The molecule has 2 aromatic carbocycles. The molecule has 0 aliphatic carbocycles. The molecule has 0 aliphatic rings. The van der Waals surface area contributed by atoms with Gasteiger partial charge in [-0.3, -0.25) is 19.8 Å². The van der Waals surface area contributed by atoms with Gasteiger partial charge in [0.05, 0.1) is 16.9 Å². The highest BCUT2D eigenvalue weighted by Crippen LogP contribution is 2.35. The number of nitro groups is 1. The molecule has 0 fully saturated rings. The molecule has 7 nitrogen and oxygen atoms in total. The minimum absolute atomic E-state index is 0. The molecular weight excluding hydrogens is 414 g/mol. The number of nitro benzene ring substituents is 1.